The van der Waals surface area contributed by atoms with Gasteiger partial charge in [0.1, 0.15) is 0 Å². The van der Waals surface area contributed by atoms with E-state index in [-0.39, 0.29) is 17.7 Å². The van der Waals surface area contributed by atoms with Gasteiger partial charge in [0.2, 0.25) is 15.9 Å². The van der Waals surface area contributed by atoms with Gasteiger partial charge in [0.15, 0.2) is 0 Å². The summed E-state index contributed by atoms with van der Waals surface area (Å²) in [5, 5.41) is 0. The largest absolute Gasteiger partial charge is 0.309 e. The van der Waals surface area contributed by atoms with E-state index in [2.05, 4.69) is 4.72 Å². The molecule has 6 heteroatoms. The Hall–Kier alpha value is -1.56. The molecule has 1 N–H and O–H groups in total. The van der Waals surface area contributed by atoms with E-state index < -0.39 is 10.0 Å². The average molecular weight is 282 g/mol. The highest BCUT2D eigenvalue weighted by Gasteiger charge is 2.29. The van der Waals surface area contributed by atoms with Crippen molar-refractivity contribution in [1.29, 1.82) is 0 Å². The number of hydrogen-bond donors (Lipinski definition) is 1. The first-order valence-electron chi connectivity index (χ1n) is 6.29. The number of benzene rings is 1. The molecule has 0 spiro atoms. The second kappa shape index (κ2) is 4.85. The van der Waals surface area contributed by atoms with E-state index in [1.54, 1.807) is 30.0 Å². The molecule has 0 radical (unpaired) electrons. The van der Waals surface area contributed by atoms with Crippen molar-refractivity contribution in [3.8, 4) is 0 Å². The van der Waals surface area contributed by atoms with Crippen LogP contribution >= 0.6 is 0 Å². The lowest BCUT2D eigenvalue weighted by Gasteiger charge is -2.22. The van der Waals surface area contributed by atoms with Gasteiger partial charge in [-0.1, -0.05) is 0 Å². The molecule has 1 amide bonds. The molecule has 0 fully saturated rings. The van der Waals surface area contributed by atoms with Gasteiger partial charge in [-0.25, -0.2) is 8.42 Å². The number of sulfonamides is 1. The predicted octanol–water partition coefficient (Wildman–Crippen LogP) is 1.75. The molecule has 19 heavy (non-hydrogen) atoms. The molecule has 104 valence electrons. The number of hydrogen-bond acceptors (Lipinski definition) is 3. The number of amides is 1. The average Bonchev–Trinajstić information content (AvgIpc) is 2.63. The molecule has 1 aromatic rings. The minimum atomic E-state index is -3.28. The smallest absolute Gasteiger partial charge is 0.232 e. The summed E-state index contributed by atoms with van der Waals surface area (Å²) in [6.07, 6.45) is 0.329. The molecule has 1 aromatic carbocycles. The minimum Gasteiger partial charge on any atom is -0.309 e. The second-order valence-corrected chi connectivity index (χ2v) is 6.89. The molecule has 0 saturated heterocycles. The van der Waals surface area contributed by atoms with Crippen LogP contribution in [0.1, 0.15) is 26.3 Å². The third kappa shape index (κ3) is 2.73. The van der Waals surface area contributed by atoms with E-state index in [1.165, 1.54) is 0 Å². The summed E-state index contributed by atoms with van der Waals surface area (Å²) in [7, 11) is -3.28. The van der Waals surface area contributed by atoms with Crippen molar-refractivity contribution in [3.05, 3.63) is 23.8 Å². The van der Waals surface area contributed by atoms with Crippen molar-refractivity contribution < 1.29 is 13.2 Å². The van der Waals surface area contributed by atoms with Crippen LogP contribution in [0.3, 0.4) is 0 Å². The second-order valence-electron chi connectivity index (χ2n) is 4.88. The van der Waals surface area contributed by atoms with Crippen LogP contribution < -0.4 is 9.62 Å². The highest BCUT2D eigenvalue weighted by Crippen LogP contribution is 2.32. The molecule has 0 aliphatic carbocycles. The molecule has 0 bridgehead atoms. The van der Waals surface area contributed by atoms with Crippen molar-refractivity contribution in [2.24, 2.45) is 0 Å². The number of carbonyl (C=O) groups is 1. The summed E-state index contributed by atoms with van der Waals surface area (Å²) in [5.41, 5.74) is 2.26. The fourth-order valence-electron chi connectivity index (χ4n) is 2.23. The summed E-state index contributed by atoms with van der Waals surface area (Å²) in [6, 6.07) is 5.34. The zero-order valence-electron chi connectivity index (χ0n) is 11.3. The summed E-state index contributed by atoms with van der Waals surface area (Å²) in [5.74, 6) is 0.0849. The third-order valence-electron chi connectivity index (χ3n) is 3.12. The Bertz CT molecular complexity index is 608. The molecule has 5 nitrogen and oxygen atoms in total. The minimum absolute atomic E-state index is 0.0289. The lowest BCUT2D eigenvalue weighted by molar-refractivity contribution is -0.117. The van der Waals surface area contributed by atoms with Gasteiger partial charge in [0.05, 0.1) is 12.2 Å². The van der Waals surface area contributed by atoms with Crippen molar-refractivity contribution >= 4 is 27.3 Å². The van der Waals surface area contributed by atoms with E-state index in [1.807, 2.05) is 13.8 Å². The van der Waals surface area contributed by atoms with Crippen LogP contribution in [0.4, 0.5) is 11.4 Å². The molecule has 1 heterocycles. The van der Waals surface area contributed by atoms with Crippen molar-refractivity contribution in [2.45, 2.75) is 33.2 Å². The molecule has 1 aliphatic heterocycles. The Morgan fingerprint density at radius 1 is 1.37 bits per heavy atom. The van der Waals surface area contributed by atoms with E-state index >= 15 is 0 Å². The van der Waals surface area contributed by atoms with Gasteiger partial charge in [-0.15, -0.1) is 0 Å². The first-order valence-corrected chi connectivity index (χ1v) is 7.94. The summed E-state index contributed by atoms with van der Waals surface area (Å²) >= 11 is 0. The summed E-state index contributed by atoms with van der Waals surface area (Å²) < 4.78 is 25.5. The maximum Gasteiger partial charge on any atom is 0.232 e. The molecule has 1 aliphatic rings. The lowest BCUT2D eigenvalue weighted by Crippen LogP contribution is -2.33. The van der Waals surface area contributed by atoms with E-state index in [0.717, 1.165) is 11.3 Å². The zero-order chi connectivity index (χ0) is 14.2. The molecular weight excluding hydrogens is 264 g/mol. The third-order valence-corrected chi connectivity index (χ3v) is 4.43. The normalized spacial score (nSPS) is 14.9. The standard InChI is InChI=1S/C13H18N2O3S/c1-4-19(17,18)14-11-5-6-12-10(7-11)8-13(16)15(12)9(2)3/h5-7,9,14H,4,8H2,1-3H3. The number of nitrogens with zero attached hydrogens (tertiary/aromatic N) is 1. The maximum absolute atomic E-state index is 11.9. The van der Waals surface area contributed by atoms with E-state index in [9.17, 15) is 13.2 Å². The number of anilines is 2. The van der Waals surface area contributed by atoms with Gasteiger partial charge < -0.3 is 4.90 Å². The highest BCUT2D eigenvalue weighted by atomic mass is 32.2. The van der Waals surface area contributed by atoms with Crippen LogP contribution in [0.2, 0.25) is 0 Å². The van der Waals surface area contributed by atoms with Crippen molar-refractivity contribution in [3.63, 3.8) is 0 Å². The Morgan fingerprint density at radius 3 is 2.63 bits per heavy atom. The quantitative estimate of drug-likeness (QED) is 0.915. The predicted molar refractivity (Wildman–Crippen MR) is 75.9 cm³/mol. The molecule has 0 saturated carbocycles. The number of carbonyl (C=O) groups excluding carboxylic acids is 1. The van der Waals surface area contributed by atoms with E-state index in [4.69, 9.17) is 0 Å². The van der Waals surface area contributed by atoms with Gasteiger partial charge in [-0.05, 0) is 44.5 Å². The van der Waals surface area contributed by atoms with Crippen LogP contribution in [0.15, 0.2) is 18.2 Å². The number of nitrogens with one attached hydrogen (secondary N) is 1. The zero-order valence-corrected chi connectivity index (χ0v) is 12.1. The summed E-state index contributed by atoms with van der Waals surface area (Å²) in [4.78, 5) is 13.7. The lowest BCUT2D eigenvalue weighted by atomic mass is 10.1. The van der Waals surface area contributed by atoms with Crippen LogP contribution in [-0.2, 0) is 21.2 Å². The monoisotopic (exact) mass is 282 g/mol. The number of fused-ring (bicyclic) bond motifs is 1. The van der Waals surface area contributed by atoms with Crippen molar-refractivity contribution in [1.82, 2.24) is 0 Å². The topological polar surface area (TPSA) is 66.5 Å². The van der Waals surface area contributed by atoms with Crippen LogP contribution in [-0.4, -0.2) is 26.1 Å². The van der Waals surface area contributed by atoms with Gasteiger partial charge in [-0.3, -0.25) is 9.52 Å². The fraction of sp³-hybridized carbons (Fsp3) is 0.462. The first kappa shape index (κ1) is 13.9. The first-order chi connectivity index (χ1) is 8.84. The molecule has 0 unspecified atom stereocenters. The number of rotatable bonds is 4. The maximum atomic E-state index is 11.9. The Kier molecular flexibility index (Phi) is 3.54. The fourth-order valence-corrected chi connectivity index (χ4v) is 2.86. The Balaban J connectivity index is 2.33. The van der Waals surface area contributed by atoms with Gasteiger partial charge in [0, 0.05) is 17.4 Å². The SMILES string of the molecule is CCS(=O)(=O)Nc1ccc2c(c1)CC(=O)N2C(C)C. The molecule has 2 rings (SSSR count). The Morgan fingerprint density at radius 2 is 2.05 bits per heavy atom. The van der Waals surface area contributed by atoms with Gasteiger partial charge in [0.25, 0.3) is 0 Å². The van der Waals surface area contributed by atoms with Crippen LogP contribution in [0.25, 0.3) is 0 Å². The summed E-state index contributed by atoms with van der Waals surface area (Å²) in [6.45, 7) is 5.50. The molecular formula is C13H18N2O3S. The van der Waals surface area contributed by atoms with Gasteiger partial charge in [-0.2, -0.15) is 0 Å². The van der Waals surface area contributed by atoms with Crippen LogP contribution in [0.5, 0.6) is 0 Å². The molecule has 0 atom stereocenters. The van der Waals surface area contributed by atoms with Gasteiger partial charge >= 0.3 is 0 Å². The van der Waals surface area contributed by atoms with E-state index in [0.29, 0.717) is 12.1 Å². The highest BCUT2D eigenvalue weighted by molar-refractivity contribution is 7.92. The van der Waals surface area contributed by atoms with Crippen LogP contribution in [0, 0.1) is 0 Å². The molecule has 0 aromatic heterocycles. The Labute approximate surface area is 113 Å². The van der Waals surface area contributed by atoms with Crippen molar-refractivity contribution in [2.75, 3.05) is 15.4 Å².